The van der Waals surface area contributed by atoms with Crippen LogP contribution in [0.4, 0.5) is 0 Å². The zero-order valence-corrected chi connectivity index (χ0v) is 57.0. The van der Waals surface area contributed by atoms with Gasteiger partial charge in [-0.1, -0.05) is 253 Å². The van der Waals surface area contributed by atoms with Crippen molar-refractivity contribution in [3.63, 3.8) is 0 Å². The molecular formula is C67H126O17P2. The van der Waals surface area contributed by atoms with Gasteiger partial charge in [-0.2, -0.15) is 0 Å². The van der Waals surface area contributed by atoms with Crippen LogP contribution in [0.5, 0.6) is 0 Å². The fourth-order valence-electron chi connectivity index (χ4n) is 9.44. The molecule has 86 heavy (non-hydrogen) atoms. The molecule has 0 rings (SSSR count). The minimum absolute atomic E-state index is 0.0838. The summed E-state index contributed by atoms with van der Waals surface area (Å²) >= 11 is 0. The number of carbonyl (C=O) groups is 4. The summed E-state index contributed by atoms with van der Waals surface area (Å²) < 4.78 is 68.0. The van der Waals surface area contributed by atoms with E-state index in [4.69, 9.17) is 37.0 Å². The summed E-state index contributed by atoms with van der Waals surface area (Å²) in [7, 11) is -9.91. The number of hydrogen-bond acceptors (Lipinski definition) is 15. The third-order valence-electron chi connectivity index (χ3n) is 15.1. The second-order valence-electron chi connectivity index (χ2n) is 24.7. The normalized spacial score (nSPS) is 14.8. The van der Waals surface area contributed by atoms with Crippen molar-refractivity contribution in [2.45, 2.75) is 324 Å². The van der Waals surface area contributed by atoms with Crippen LogP contribution in [0.1, 0.15) is 305 Å². The van der Waals surface area contributed by atoms with Gasteiger partial charge in [0.2, 0.25) is 0 Å². The number of aliphatic hydroxyl groups excluding tert-OH is 1. The molecule has 0 spiro atoms. The molecule has 506 valence electrons. The molecule has 0 aromatic carbocycles. The number of phosphoric ester groups is 2. The molecule has 6 atom stereocenters. The summed E-state index contributed by atoms with van der Waals surface area (Å²) in [4.78, 5) is 72.3. The maximum atomic E-state index is 13.0. The minimum atomic E-state index is -4.96. The lowest BCUT2D eigenvalue weighted by atomic mass is 10.00. The van der Waals surface area contributed by atoms with E-state index in [2.05, 4.69) is 72.8 Å². The fraction of sp³-hybridized carbons (Fsp3) is 0.881. The Morgan fingerprint density at radius 1 is 0.384 bits per heavy atom. The van der Waals surface area contributed by atoms with Gasteiger partial charge in [-0.05, 0) is 69.1 Å². The number of phosphoric acid groups is 2. The first-order valence-electron chi connectivity index (χ1n) is 34.2. The number of rotatable bonds is 63. The molecule has 0 fully saturated rings. The first-order chi connectivity index (χ1) is 41.3. The number of esters is 4. The van der Waals surface area contributed by atoms with Crippen LogP contribution in [0.2, 0.25) is 0 Å². The smallest absolute Gasteiger partial charge is 0.462 e. The van der Waals surface area contributed by atoms with Gasteiger partial charge in [0.15, 0.2) is 12.2 Å². The number of aliphatic hydroxyl groups is 1. The van der Waals surface area contributed by atoms with Gasteiger partial charge in [-0.15, -0.1) is 0 Å². The largest absolute Gasteiger partial charge is 0.472 e. The van der Waals surface area contributed by atoms with Crippen molar-refractivity contribution < 1.29 is 80.2 Å². The van der Waals surface area contributed by atoms with Crippen molar-refractivity contribution in [1.29, 1.82) is 0 Å². The molecule has 0 aromatic heterocycles. The SMILES string of the molecule is CCCCCC/C=C\C=C/CCCCCCCC(=O)O[C@H](COC(=O)CCCCCCCCCCCC(C)C)COP(=O)(O)OC[C@@H](O)COP(=O)(O)OC[C@@H](COC(=O)CCCCCCCCC(C)CC)OC(=O)CCCCCCCCC(C)C. The minimum Gasteiger partial charge on any atom is -0.462 e. The molecule has 0 heterocycles. The van der Waals surface area contributed by atoms with Crippen LogP contribution in [-0.4, -0.2) is 96.7 Å². The highest BCUT2D eigenvalue weighted by atomic mass is 31.2. The summed E-state index contributed by atoms with van der Waals surface area (Å²) in [6.07, 6.45) is 42.8. The van der Waals surface area contributed by atoms with Crippen LogP contribution >= 0.6 is 15.6 Å². The fourth-order valence-corrected chi connectivity index (χ4v) is 11.0. The predicted molar refractivity (Wildman–Crippen MR) is 344 cm³/mol. The summed E-state index contributed by atoms with van der Waals surface area (Å²) in [5.41, 5.74) is 0. The van der Waals surface area contributed by atoms with E-state index in [0.717, 1.165) is 121 Å². The van der Waals surface area contributed by atoms with E-state index < -0.39 is 97.5 Å². The average molecular weight is 1270 g/mol. The molecule has 0 aliphatic carbocycles. The molecule has 0 saturated carbocycles. The molecule has 3 N–H and O–H groups in total. The Labute approximate surface area is 522 Å². The first kappa shape index (κ1) is 83.5. The van der Waals surface area contributed by atoms with Gasteiger partial charge >= 0.3 is 39.5 Å². The van der Waals surface area contributed by atoms with E-state index in [1.807, 2.05) is 0 Å². The Morgan fingerprint density at radius 3 is 1.03 bits per heavy atom. The molecular weight excluding hydrogens is 1140 g/mol. The van der Waals surface area contributed by atoms with Crippen LogP contribution in [0.15, 0.2) is 24.3 Å². The molecule has 0 aliphatic heterocycles. The summed E-state index contributed by atoms with van der Waals surface area (Å²) in [6.45, 7) is 11.6. The molecule has 0 radical (unpaired) electrons. The summed E-state index contributed by atoms with van der Waals surface area (Å²) in [5, 5.41) is 10.5. The van der Waals surface area contributed by atoms with Crippen molar-refractivity contribution in [3.8, 4) is 0 Å². The molecule has 0 saturated heterocycles. The van der Waals surface area contributed by atoms with E-state index in [1.54, 1.807) is 0 Å². The number of carbonyl (C=O) groups excluding carboxylic acids is 4. The highest BCUT2D eigenvalue weighted by Crippen LogP contribution is 2.45. The quantitative estimate of drug-likeness (QED) is 0.0169. The maximum absolute atomic E-state index is 13.0. The van der Waals surface area contributed by atoms with Gasteiger partial charge in [0, 0.05) is 25.7 Å². The molecule has 0 bridgehead atoms. The van der Waals surface area contributed by atoms with Crippen LogP contribution in [0, 0.1) is 17.8 Å². The van der Waals surface area contributed by atoms with Crippen molar-refractivity contribution in [2.24, 2.45) is 17.8 Å². The Balaban J connectivity index is 5.28. The van der Waals surface area contributed by atoms with Gasteiger partial charge in [0.05, 0.1) is 26.4 Å². The lowest BCUT2D eigenvalue weighted by molar-refractivity contribution is -0.161. The molecule has 0 amide bonds. The van der Waals surface area contributed by atoms with Gasteiger partial charge in [-0.3, -0.25) is 37.3 Å². The Kier molecular flexibility index (Phi) is 56.0. The van der Waals surface area contributed by atoms with Gasteiger partial charge < -0.3 is 33.8 Å². The van der Waals surface area contributed by atoms with E-state index in [1.165, 1.54) is 96.3 Å². The van der Waals surface area contributed by atoms with E-state index in [-0.39, 0.29) is 25.7 Å². The van der Waals surface area contributed by atoms with Gasteiger partial charge in [0.1, 0.15) is 19.3 Å². The summed E-state index contributed by atoms with van der Waals surface area (Å²) in [6, 6.07) is 0. The van der Waals surface area contributed by atoms with Crippen LogP contribution in [0.25, 0.3) is 0 Å². The lowest BCUT2D eigenvalue weighted by Gasteiger charge is -2.21. The van der Waals surface area contributed by atoms with Crippen LogP contribution < -0.4 is 0 Å². The highest BCUT2D eigenvalue weighted by Gasteiger charge is 2.30. The number of ether oxygens (including phenoxy) is 4. The molecule has 17 nitrogen and oxygen atoms in total. The predicted octanol–water partition coefficient (Wildman–Crippen LogP) is 18.2. The number of allylic oxidation sites excluding steroid dienone is 4. The maximum Gasteiger partial charge on any atom is 0.472 e. The van der Waals surface area contributed by atoms with E-state index in [9.17, 15) is 43.2 Å². The second-order valence-corrected chi connectivity index (χ2v) is 27.6. The summed E-state index contributed by atoms with van der Waals surface area (Å²) in [5.74, 6) is -0.0298. The van der Waals surface area contributed by atoms with E-state index >= 15 is 0 Å². The first-order valence-corrected chi connectivity index (χ1v) is 37.2. The zero-order valence-electron chi connectivity index (χ0n) is 55.3. The standard InChI is InChI=1S/C67H126O17P2/c1-8-10-11-12-13-14-15-16-17-18-19-22-26-36-43-50-66(71)83-62(54-77-64(69)48-41-34-25-23-20-21-24-31-38-45-58(3)4)56-81-85(73,74)79-52-61(68)53-80-86(75,76)82-57-63(84-67(72)51-44-37-29-27-32-39-46-59(5)6)55-78-65(70)49-42-35-30-28-33-40-47-60(7)9-2/h14-17,58-63,68H,8-13,18-57H2,1-7H3,(H,73,74)(H,75,76)/b15-14-,17-16-/t60?,61-,62-,63-/m1/s1. The molecule has 3 unspecified atom stereocenters. The zero-order chi connectivity index (χ0) is 63.8. The van der Waals surface area contributed by atoms with Gasteiger partial charge in [0.25, 0.3) is 0 Å². The average Bonchev–Trinajstić information content (AvgIpc) is 3.64. The molecule has 19 heteroatoms. The van der Waals surface area contributed by atoms with E-state index in [0.29, 0.717) is 31.6 Å². The third-order valence-corrected chi connectivity index (χ3v) is 17.0. The van der Waals surface area contributed by atoms with Crippen molar-refractivity contribution in [3.05, 3.63) is 24.3 Å². The Bertz CT molecular complexity index is 1790. The number of unbranched alkanes of at least 4 members (excludes halogenated alkanes) is 27. The highest BCUT2D eigenvalue weighted by molar-refractivity contribution is 7.47. The van der Waals surface area contributed by atoms with Crippen molar-refractivity contribution in [2.75, 3.05) is 39.6 Å². The Hall–Kier alpha value is -2.46. The lowest BCUT2D eigenvalue weighted by Crippen LogP contribution is -2.30. The molecule has 0 aliphatic rings. The van der Waals surface area contributed by atoms with Gasteiger partial charge in [-0.25, -0.2) is 9.13 Å². The topological polar surface area (TPSA) is 237 Å². The van der Waals surface area contributed by atoms with Crippen molar-refractivity contribution >= 4 is 39.5 Å². The third kappa shape index (κ3) is 59.2. The van der Waals surface area contributed by atoms with Crippen molar-refractivity contribution in [1.82, 2.24) is 0 Å². The number of hydrogen-bond donors (Lipinski definition) is 3. The molecule has 0 aromatic rings. The van der Waals surface area contributed by atoms with Crippen LogP contribution in [0.3, 0.4) is 0 Å². The second kappa shape index (κ2) is 57.7. The monoisotopic (exact) mass is 1260 g/mol. The van der Waals surface area contributed by atoms with Crippen LogP contribution in [-0.2, 0) is 65.4 Å². The Morgan fingerprint density at radius 2 is 0.686 bits per heavy atom.